The van der Waals surface area contributed by atoms with E-state index in [1.807, 2.05) is 6.92 Å². The van der Waals surface area contributed by atoms with Crippen molar-refractivity contribution in [1.29, 1.82) is 0 Å². The zero-order chi connectivity index (χ0) is 10.8. The van der Waals surface area contributed by atoms with E-state index in [2.05, 4.69) is 0 Å². The first kappa shape index (κ1) is 11.3. The molecule has 1 atom stereocenters. The minimum absolute atomic E-state index is 0.110. The lowest BCUT2D eigenvalue weighted by Crippen LogP contribution is -2.15. The van der Waals surface area contributed by atoms with Crippen LogP contribution in [-0.4, -0.2) is 20.4 Å². The fourth-order valence-electron chi connectivity index (χ4n) is 1.28. The quantitative estimate of drug-likeness (QED) is 0.817. The van der Waals surface area contributed by atoms with Crippen molar-refractivity contribution in [2.45, 2.75) is 19.4 Å². The molecule has 1 heterocycles. The summed E-state index contributed by atoms with van der Waals surface area (Å²) in [7, 11) is -2.93. The van der Waals surface area contributed by atoms with E-state index in [4.69, 9.17) is 10.2 Å². The molecule has 5 heteroatoms. The Kier molecular flexibility index (Phi) is 3.34. The SMILES string of the molecule is Cc1occc1C(N)CCS(C)(=O)=O. The predicted molar refractivity (Wildman–Crippen MR) is 54.7 cm³/mol. The molecule has 2 N–H and O–H groups in total. The van der Waals surface area contributed by atoms with Crippen LogP contribution in [0.25, 0.3) is 0 Å². The van der Waals surface area contributed by atoms with Crippen molar-refractivity contribution in [3.05, 3.63) is 23.7 Å². The second-order valence-corrected chi connectivity index (χ2v) is 5.72. The molecular formula is C9H15NO3S. The standard InChI is InChI=1S/C9H15NO3S/c1-7-8(3-5-13-7)9(10)4-6-14(2,11)12/h3,5,9H,4,6,10H2,1-2H3. The van der Waals surface area contributed by atoms with E-state index in [0.29, 0.717) is 6.42 Å². The molecule has 0 bridgehead atoms. The van der Waals surface area contributed by atoms with Crippen LogP contribution >= 0.6 is 0 Å². The van der Waals surface area contributed by atoms with Gasteiger partial charge in [-0.05, 0) is 19.4 Å². The molecule has 0 aliphatic carbocycles. The summed E-state index contributed by atoms with van der Waals surface area (Å²) in [5, 5.41) is 0. The van der Waals surface area contributed by atoms with Crippen LogP contribution in [0.4, 0.5) is 0 Å². The molecule has 0 fully saturated rings. The van der Waals surface area contributed by atoms with Gasteiger partial charge in [-0.1, -0.05) is 0 Å². The topological polar surface area (TPSA) is 73.3 Å². The number of hydrogen-bond donors (Lipinski definition) is 1. The Labute approximate surface area is 84.0 Å². The minimum Gasteiger partial charge on any atom is -0.469 e. The van der Waals surface area contributed by atoms with Crippen molar-refractivity contribution < 1.29 is 12.8 Å². The summed E-state index contributed by atoms with van der Waals surface area (Å²) < 4.78 is 26.9. The van der Waals surface area contributed by atoms with Gasteiger partial charge in [0.1, 0.15) is 15.6 Å². The van der Waals surface area contributed by atoms with Crippen LogP contribution in [0.5, 0.6) is 0 Å². The molecule has 0 amide bonds. The number of hydrogen-bond acceptors (Lipinski definition) is 4. The van der Waals surface area contributed by atoms with Gasteiger partial charge in [-0.25, -0.2) is 8.42 Å². The van der Waals surface area contributed by atoms with Gasteiger partial charge in [-0.2, -0.15) is 0 Å². The number of rotatable bonds is 4. The highest BCUT2D eigenvalue weighted by molar-refractivity contribution is 7.90. The second-order valence-electron chi connectivity index (χ2n) is 3.46. The Hall–Kier alpha value is -0.810. The first-order chi connectivity index (χ1) is 6.40. The summed E-state index contributed by atoms with van der Waals surface area (Å²) in [5.41, 5.74) is 6.71. The van der Waals surface area contributed by atoms with Gasteiger partial charge in [-0.15, -0.1) is 0 Å². The van der Waals surface area contributed by atoms with E-state index in [1.54, 1.807) is 12.3 Å². The second kappa shape index (κ2) is 4.14. The van der Waals surface area contributed by atoms with Crippen LogP contribution in [0, 0.1) is 6.92 Å². The fourth-order valence-corrected chi connectivity index (χ4v) is 1.96. The van der Waals surface area contributed by atoms with E-state index >= 15 is 0 Å². The molecule has 1 aromatic heterocycles. The zero-order valence-corrected chi connectivity index (χ0v) is 9.17. The summed E-state index contributed by atoms with van der Waals surface area (Å²) >= 11 is 0. The largest absolute Gasteiger partial charge is 0.469 e. The number of aryl methyl sites for hydroxylation is 1. The van der Waals surface area contributed by atoms with Gasteiger partial charge in [0.05, 0.1) is 12.0 Å². The molecular weight excluding hydrogens is 202 g/mol. The normalized spacial score (nSPS) is 14.2. The molecule has 0 saturated carbocycles. The van der Waals surface area contributed by atoms with Crippen molar-refractivity contribution in [2.75, 3.05) is 12.0 Å². The van der Waals surface area contributed by atoms with E-state index in [-0.39, 0.29) is 11.8 Å². The van der Waals surface area contributed by atoms with Gasteiger partial charge < -0.3 is 10.2 Å². The fraction of sp³-hybridized carbons (Fsp3) is 0.556. The van der Waals surface area contributed by atoms with Crippen LogP contribution in [-0.2, 0) is 9.84 Å². The molecule has 0 spiro atoms. The van der Waals surface area contributed by atoms with Crippen LogP contribution in [0.3, 0.4) is 0 Å². The van der Waals surface area contributed by atoms with Crippen LogP contribution in [0.2, 0.25) is 0 Å². The first-order valence-corrected chi connectivity index (χ1v) is 6.43. The molecule has 1 rings (SSSR count). The summed E-state index contributed by atoms with van der Waals surface area (Å²) in [6, 6.07) is 1.52. The Morgan fingerprint density at radius 3 is 2.64 bits per heavy atom. The maximum absolute atomic E-state index is 10.9. The predicted octanol–water partition coefficient (Wildman–Crippen LogP) is 1.02. The molecule has 1 unspecified atom stereocenters. The van der Waals surface area contributed by atoms with Crippen molar-refractivity contribution in [3.63, 3.8) is 0 Å². The van der Waals surface area contributed by atoms with Gasteiger partial charge in [-0.3, -0.25) is 0 Å². The van der Waals surface area contributed by atoms with Gasteiger partial charge >= 0.3 is 0 Å². The van der Waals surface area contributed by atoms with Gasteiger partial charge in [0.15, 0.2) is 0 Å². The Bertz CT molecular complexity index is 394. The number of nitrogens with two attached hydrogens (primary N) is 1. The maximum Gasteiger partial charge on any atom is 0.147 e. The van der Waals surface area contributed by atoms with Crippen molar-refractivity contribution in [1.82, 2.24) is 0 Å². The molecule has 0 radical (unpaired) electrons. The Balaban J connectivity index is 2.60. The smallest absolute Gasteiger partial charge is 0.147 e. The van der Waals surface area contributed by atoms with Crippen LogP contribution < -0.4 is 5.73 Å². The molecule has 0 aliphatic heterocycles. The Morgan fingerprint density at radius 2 is 2.21 bits per heavy atom. The molecule has 1 aromatic rings. The lowest BCUT2D eigenvalue weighted by atomic mass is 10.1. The molecule has 0 aliphatic rings. The van der Waals surface area contributed by atoms with Gasteiger partial charge in [0, 0.05) is 17.9 Å². The average molecular weight is 217 g/mol. The highest BCUT2D eigenvalue weighted by atomic mass is 32.2. The van der Waals surface area contributed by atoms with E-state index in [0.717, 1.165) is 11.3 Å². The lowest BCUT2D eigenvalue weighted by molar-refractivity contribution is 0.522. The summed E-state index contributed by atoms with van der Waals surface area (Å²) in [6.07, 6.45) is 3.20. The lowest BCUT2D eigenvalue weighted by Gasteiger charge is -2.09. The maximum atomic E-state index is 10.9. The van der Waals surface area contributed by atoms with Crippen molar-refractivity contribution in [2.24, 2.45) is 5.73 Å². The number of furan rings is 1. The van der Waals surface area contributed by atoms with Gasteiger partial charge in [0.2, 0.25) is 0 Å². The summed E-state index contributed by atoms with van der Waals surface area (Å²) in [5.74, 6) is 0.865. The number of sulfone groups is 1. The van der Waals surface area contributed by atoms with Gasteiger partial charge in [0.25, 0.3) is 0 Å². The third kappa shape index (κ3) is 3.16. The molecule has 80 valence electrons. The highest BCUT2D eigenvalue weighted by Crippen LogP contribution is 2.19. The minimum atomic E-state index is -2.93. The average Bonchev–Trinajstić information content (AvgIpc) is 2.46. The molecule has 0 saturated heterocycles. The summed E-state index contributed by atoms with van der Waals surface area (Å²) in [6.45, 7) is 1.82. The highest BCUT2D eigenvalue weighted by Gasteiger charge is 2.13. The van der Waals surface area contributed by atoms with Crippen molar-refractivity contribution >= 4 is 9.84 Å². The molecule has 4 nitrogen and oxygen atoms in total. The van der Waals surface area contributed by atoms with Crippen molar-refractivity contribution in [3.8, 4) is 0 Å². The van der Waals surface area contributed by atoms with E-state index in [9.17, 15) is 8.42 Å². The monoisotopic (exact) mass is 217 g/mol. The zero-order valence-electron chi connectivity index (χ0n) is 8.36. The van der Waals surface area contributed by atoms with Crippen LogP contribution in [0.15, 0.2) is 16.7 Å². The van der Waals surface area contributed by atoms with E-state index < -0.39 is 9.84 Å². The Morgan fingerprint density at radius 1 is 1.57 bits per heavy atom. The summed E-state index contributed by atoms with van der Waals surface area (Å²) in [4.78, 5) is 0. The van der Waals surface area contributed by atoms with E-state index in [1.165, 1.54) is 6.26 Å². The first-order valence-electron chi connectivity index (χ1n) is 4.37. The molecule has 14 heavy (non-hydrogen) atoms. The third-order valence-corrected chi connectivity index (χ3v) is 3.08. The third-order valence-electron chi connectivity index (χ3n) is 2.10. The van der Waals surface area contributed by atoms with Crippen LogP contribution in [0.1, 0.15) is 23.8 Å². The molecule has 0 aromatic carbocycles.